The minimum absolute atomic E-state index is 0.445. The van der Waals surface area contributed by atoms with Crippen molar-refractivity contribution in [3.63, 3.8) is 0 Å². The molecular weight excluding hydrogens is 246 g/mol. The molecule has 1 N–H and O–H groups in total. The average Bonchev–Trinajstić information content (AvgIpc) is 3.05. The second-order valence-electron chi connectivity index (χ2n) is 4.80. The van der Waals surface area contributed by atoms with Crippen molar-refractivity contribution < 1.29 is 9.47 Å². The maximum Gasteiger partial charge on any atom is 0.129 e. The zero-order valence-electron chi connectivity index (χ0n) is 11.3. The van der Waals surface area contributed by atoms with Crippen LogP contribution in [0.25, 0.3) is 0 Å². The number of methoxy groups -OCH3 is 1. The standard InChI is InChI=1S/C14H23NO2S/c1-15-13(14-9-12(16-2)10-18-14)7-3-5-11-6-4-8-17-11/h9-11,13,15H,3-8H2,1-2H3. The van der Waals surface area contributed by atoms with Gasteiger partial charge in [-0.1, -0.05) is 0 Å². The quantitative estimate of drug-likeness (QED) is 0.823. The molecule has 4 heteroatoms. The van der Waals surface area contributed by atoms with Gasteiger partial charge in [0.15, 0.2) is 0 Å². The summed E-state index contributed by atoms with van der Waals surface area (Å²) >= 11 is 1.77. The van der Waals surface area contributed by atoms with Gasteiger partial charge in [-0.15, -0.1) is 11.3 Å². The van der Waals surface area contributed by atoms with E-state index >= 15 is 0 Å². The van der Waals surface area contributed by atoms with Gasteiger partial charge in [0.1, 0.15) is 5.75 Å². The summed E-state index contributed by atoms with van der Waals surface area (Å²) in [4.78, 5) is 1.36. The van der Waals surface area contributed by atoms with Crippen molar-refractivity contribution >= 4 is 11.3 Å². The Labute approximate surface area is 113 Å². The summed E-state index contributed by atoms with van der Waals surface area (Å²) in [5.41, 5.74) is 0. The molecule has 0 bridgehead atoms. The topological polar surface area (TPSA) is 30.5 Å². The molecule has 1 aliphatic heterocycles. The van der Waals surface area contributed by atoms with Crippen LogP contribution in [0.2, 0.25) is 0 Å². The summed E-state index contributed by atoms with van der Waals surface area (Å²) in [6.45, 7) is 0.961. The second-order valence-corrected chi connectivity index (χ2v) is 5.74. The maximum atomic E-state index is 5.66. The molecule has 0 radical (unpaired) electrons. The van der Waals surface area contributed by atoms with Gasteiger partial charge in [0, 0.05) is 22.9 Å². The van der Waals surface area contributed by atoms with Crippen LogP contribution in [0.4, 0.5) is 0 Å². The molecule has 2 heterocycles. The van der Waals surface area contributed by atoms with Crippen LogP contribution >= 0.6 is 11.3 Å². The Kier molecular flexibility index (Phi) is 5.47. The molecule has 2 atom stereocenters. The Morgan fingerprint density at radius 3 is 3.11 bits per heavy atom. The second kappa shape index (κ2) is 7.12. The molecular formula is C14H23NO2S. The van der Waals surface area contributed by atoms with E-state index in [0.717, 1.165) is 12.4 Å². The minimum Gasteiger partial charge on any atom is -0.496 e. The van der Waals surface area contributed by atoms with E-state index in [2.05, 4.69) is 16.8 Å². The first-order valence-electron chi connectivity index (χ1n) is 6.74. The molecule has 1 aromatic heterocycles. The number of thiophene rings is 1. The predicted octanol–water partition coefficient (Wildman–Crippen LogP) is 3.37. The minimum atomic E-state index is 0.445. The molecule has 0 amide bonds. The van der Waals surface area contributed by atoms with Crippen molar-refractivity contribution in [1.82, 2.24) is 5.32 Å². The van der Waals surface area contributed by atoms with Gasteiger partial charge >= 0.3 is 0 Å². The third-order valence-electron chi connectivity index (χ3n) is 3.57. The first-order chi connectivity index (χ1) is 8.83. The van der Waals surface area contributed by atoms with Crippen LogP contribution in [0.15, 0.2) is 11.4 Å². The Hall–Kier alpha value is -0.580. The highest BCUT2D eigenvalue weighted by atomic mass is 32.1. The fourth-order valence-corrected chi connectivity index (χ4v) is 3.48. The maximum absolute atomic E-state index is 5.66. The predicted molar refractivity (Wildman–Crippen MR) is 75.5 cm³/mol. The van der Waals surface area contributed by atoms with Crippen molar-refractivity contribution in [1.29, 1.82) is 0 Å². The van der Waals surface area contributed by atoms with Gasteiger partial charge in [0.2, 0.25) is 0 Å². The van der Waals surface area contributed by atoms with Crippen LogP contribution in [-0.2, 0) is 4.74 Å². The molecule has 0 saturated carbocycles. The lowest BCUT2D eigenvalue weighted by atomic mass is 10.0. The summed E-state index contributed by atoms with van der Waals surface area (Å²) in [6.07, 6.45) is 6.58. The molecule has 3 nitrogen and oxygen atoms in total. The molecule has 1 saturated heterocycles. The smallest absolute Gasteiger partial charge is 0.129 e. The highest BCUT2D eigenvalue weighted by molar-refractivity contribution is 7.10. The molecule has 2 rings (SSSR count). The van der Waals surface area contributed by atoms with E-state index in [9.17, 15) is 0 Å². The van der Waals surface area contributed by atoms with Crippen molar-refractivity contribution in [3.05, 3.63) is 16.3 Å². The van der Waals surface area contributed by atoms with E-state index in [1.54, 1.807) is 18.4 Å². The highest BCUT2D eigenvalue weighted by Crippen LogP contribution is 2.30. The van der Waals surface area contributed by atoms with Crippen LogP contribution in [0.1, 0.15) is 43.0 Å². The monoisotopic (exact) mass is 269 g/mol. The molecule has 1 aliphatic rings. The number of hydrogen-bond donors (Lipinski definition) is 1. The molecule has 1 fully saturated rings. The Balaban J connectivity index is 1.77. The molecule has 0 spiro atoms. The van der Waals surface area contributed by atoms with Crippen LogP contribution in [0, 0.1) is 0 Å². The van der Waals surface area contributed by atoms with Gasteiger partial charge in [0.05, 0.1) is 13.2 Å². The van der Waals surface area contributed by atoms with Crippen LogP contribution < -0.4 is 10.1 Å². The number of ether oxygens (including phenoxy) is 2. The summed E-state index contributed by atoms with van der Waals surface area (Å²) in [5.74, 6) is 0.967. The van der Waals surface area contributed by atoms with Crippen LogP contribution in [0.5, 0.6) is 5.75 Å². The Morgan fingerprint density at radius 2 is 2.50 bits per heavy atom. The fraction of sp³-hybridized carbons (Fsp3) is 0.714. The summed E-state index contributed by atoms with van der Waals surface area (Å²) in [6, 6.07) is 2.58. The van der Waals surface area contributed by atoms with E-state index in [1.165, 1.54) is 37.0 Å². The Bertz CT molecular complexity index is 347. The third kappa shape index (κ3) is 3.70. The lowest BCUT2D eigenvalue weighted by Gasteiger charge is -2.15. The van der Waals surface area contributed by atoms with E-state index in [-0.39, 0.29) is 0 Å². The average molecular weight is 269 g/mol. The number of nitrogens with one attached hydrogen (secondary N) is 1. The van der Waals surface area contributed by atoms with Gasteiger partial charge in [-0.25, -0.2) is 0 Å². The van der Waals surface area contributed by atoms with Gasteiger partial charge in [-0.2, -0.15) is 0 Å². The van der Waals surface area contributed by atoms with E-state index in [1.807, 2.05) is 7.05 Å². The molecule has 1 aromatic rings. The lowest BCUT2D eigenvalue weighted by Crippen LogP contribution is -2.16. The fourth-order valence-electron chi connectivity index (χ4n) is 2.47. The zero-order valence-corrected chi connectivity index (χ0v) is 12.1. The molecule has 2 unspecified atom stereocenters. The lowest BCUT2D eigenvalue weighted by molar-refractivity contribution is 0.101. The summed E-state index contributed by atoms with van der Waals surface area (Å²) in [5, 5.41) is 5.46. The van der Waals surface area contributed by atoms with Crippen molar-refractivity contribution in [2.24, 2.45) is 0 Å². The summed E-state index contributed by atoms with van der Waals surface area (Å²) in [7, 11) is 3.75. The van der Waals surface area contributed by atoms with Crippen molar-refractivity contribution in [2.45, 2.75) is 44.2 Å². The molecule has 0 aromatic carbocycles. The van der Waals surface area contributed by atoms with Gasteiger partial charge in [-0.3, -0.25) is 0 Å². The molecule has 18 heavy (non-hydrogen) atoms. The zero-order chi connectivity index (χ0) is 12.8. The normalized spacial score (nSPS) is 21.1. The van der Waals surface area contributed by atoms with Gasteiger partial charge in [-0.05, 0) is 45.2 Å². The third-order valence-corrected chi connectivity index (χ3v) is 4.59. The van der Waals surface area contributed by atoms with E-state index in [0.29, 0.717) is 12.1 Å². The number of rotatable bonds is 7. The van der Waals surface area contributed by atoms with Crippen LogP contribution in [-0.4, -0.2) is 26.9 Å². The molecule has 102 valence electrons. The van der Waals surface area contributed by atoms with Crippen LogP contribution in [0.3, 0.4) is 0 Å². The van der Waals surface area contributed by atoms with Crippen molar-refractivity contribution in [2.75, 3.05) is 20.8 Å². The SMILES string of the molecule is CNC(CCCC1CCCO1)c1cc(OC)cs1. The van der Waals surface area contributed by atoms with E-state index < -0.39 is 0 Å². The largest absolute Gasteiger partial charge is 0.496 e. The van der Waals surface area contributed by atoms with Gasteiger partial charge < -0.3 is 14.8 Å². The van der Waals surface area contributed by atoms with E-state index in [4.69, 9.17) is 9.47 Å². The van der Waals surface area contributed by atoms with Crippen molar-refractivity contribution in [3.8, 4) is 5.75 Å². The highest BCUT2D eigenvalue weighted by Gasteiger charge is 2.17. The first kappa shape index (κ1) is 13.8. The summed E-state index contributed by atoms with van der Waals surface area (Å²) < 4.78 is 10.9. The molecule has 0 aliphatic carbocycles. The Morgan fingerprint density at radius 1 is 1.61 bits per heavy atom. The van der Waals surface area contributed by atoms with Gasteiger partial charge in [0.25, 0.3) is 0 Å². The first-order valence-corrected chi connectivity index (χ1v) is 7.62. The number of hydrogen-bond acceptors (Lipinski definition) is 4.